The van der Waals surface area contributed by atoms with Gasteiger partial charge in [-0.25, -0.2) is 8.42 Å². The van der Waals surface area contributed by atoms with Crippen molar-refractivity contribution in [3.05, 3.63) is 63.6 Å². The lowest BCUT2D eigenvalue weighted by Crippen LogP contribution is -2.48. The molecule has 6 nitrogen and oxygen atoms in total. The lowest BCUT2D eigenvalue weighted by Gasteiger charge is -2.20. The van der Waals surface area contributed by atoms with Crippen molar-refractivity contribution in [3.63, 3.8) is 0 Å². The summed E-state index contributed by atoms with van der Waals surface area (Å²) in [6, 6.07) is 9.56. The maximum absolute atomic E-state index is 12.5. The van der Waals surface area contributed by atoms with E-state index in [0.29, 0.717) is 0 Å². The van der Waals surface area contributed by atoms with E-state index in [0.717, 1.165) is 17.2 Å². The fourth-order valence-corrected chi connectivity index (χ4v) is 3.80. The molecule has 2 rings (SSSR count). The SMILES string of the molecule is Cc1ccc(COC(=O)C(NS(=O)(=O)c2ccc(Cl)c(Cl)c2)C(C)O)cc1. The number of aliphatic hydroxyl groups is 1. The van der Waals surface area contributed by atoms with Crippen LogP contribution in [0.1, 0.15) is 18.1 Å². The highest BCUT2D eigenvalue weighted by Crippen LogP contribution is 2.25. The molecule has 0 saturated carbocycles. The number of aryl methyl sites for hydroxylation is 1. The van der Waals surface area contributed by atoms with Gasteiger partial charge in [-0.1, -0.05) is 53.0 Å². The van der Waals surface area contributed by atoms with Crippen molar-refractivity contribution in [2.24, 2.45) is 0 Å². The predicted molar refractivity (Wildman–Crippen MR) is 103 cm³/mol. The van der Waals surface area contributed by atoms with Crippen molar-refractivity contribution in [1.82, 2.24) is 4.72 Å². The normalized spacial score (nSPS) is 13.8. The maximum Gasteiger partial charge on any atom is 0.327 e. The molecular formula is C18H19Cl2NO5S. The van der Waals surface area contributed by atoms with Crippen molar-refractivity contribution in [3.8, 4) is 0 Å². The molecule has 0 amide bonds. The van der Waals surface area contributed by atoms with Crippen LogP contribution in [-0.2, 0) is 26.2 Å². The topological polar surface area (TPSA) is 92.7 Å². The number of sulfonamides is 1. The summed E-state index contributed by atoms with van der Waals surface area (Å²) in [4.78, 5) is 12.1. The summed E-state index contributed by atoms with van der Waals surface area (Å²) < 4.78 is 32.3. The third-order valence-electron chi connectivity index (χ3n) is 3.72. The predicted octanol–water partition coefficient (Wildman–Crippen LogP) is 3.07. The first kappa shape index (κ1) is 21.7. The van der Waals surface area contributed by atoms with Crippen LogP contribution < -0.4 is 4.72 Å². The quantitative estimate of drug-likeness (QED) is 0.656. The number of aliphatic hydroxyl groups excluding tert-OH is 1. The largest absolute Gasteiger partial charge is 0.460 e. The van der Waals surface area contributed by atoms with Crippen LogP contribution in [0, 0.1) is 6.92 Å². The maximum atomic E-state index is 12.5. The molecule has 0 saturated heterocycles. The van der Waals surface area contributed by atoms with Crippen LogP contribution in [-0.4, -0.2) is 31.6 Å². The van der Waals surface area contributed by atoms with Gasteiger partial charge in [0.05, 0.1) is 21.0 Å². The van der Waals surface area contributed by atoms with Gasteiger partial charge in [-0.15, -0.1) is 0 Å². The molecule has 0 aliphatic carbocycles. The molecule has 146 valence electrons. The van der Waals surface area contributed by atoms with Gasteiger partial charge in [0.15, 0.2) is 0 Å². The summed E-state index contributed by atoms with van der Waals surface area (Å²) in [7, 11) is -4.13. The second-order valence-corrected chi connectivity index (χ2v) is 8.54. The van der Waals surface area contributed by atoms with Crippen molar-refractivity contribution < 1.29 is 23.1 Å². The highest BCUT2D eigenvalue weighted by Gasteiger charge is 2.31. The Hall–Kier alpha value is -1.64. The van der Waals surface area contributed by atoms with Gasteiger partial charge in [0.1, 0.15) is 12.6 Å². The Morgan fingerprint density at radius 2 is 1.78 bits per heavy atom. The standard InChI is InChI=1S/C18H19Cl2NO5S/c1-11-3-5-13(6-4-11)10-26-18(23)17(12(2)22)21-27(24,25)14-7-8-15(19)16(20)9-14/h3-9,12,17,21-22H,10H2,1-2H3. The first-order chi connectivity index (χ1) is 12.6. The minimum Gasteiger partial charge on any atom is -0.460 e. The first-order valence-corrected chi connectivity index (χ1v) is 10.2. The molecule has 9 heteroatoms. The second kappa shape index (κ2) is 9.03. The van der Waals surface area contributed by atoms with E-state index in [-0.39, 0.29) is 21.5 Å². The Morgan fingerprint density at radius 1 is 1.15 bits per heavy atom. The minimum absolute atomic E-state index is 0.0448. The third-order valence-corrected chi connectivity index (χ3v) is 5.90. The van der Waals surface area contributed by atoms with E-state index in [4.69, 9.17) is 27.9 Å². The molecule has 0 aromatic heterocycles. The zero-order valence-electron chi connectivity index (χ0n) is 14.6. The fourth-order valence-electron chi connectivity index (χ4n) is 2.15. The van der Waals surface area contributed by atoms with E-state index in [2.05, 4.69) is 4.72 Å². The Balaban J connectivity index is 2.12. The molecule has 2 aromatic carbocycles. The van der Waals surface area contributed by atoms with Gasteiger partial charge in [-0.05, 0) is 37.6 Å². The number of esters is 1. The Morgan fingerprint density at radius 3 is 2.33 bits per heavy atom. The monoisotopic (exact) mass is 431 g/mol. The number of ether oxygens (including phenoxy) is 1. The molecule has 27 heavy (non-hydrogen) atoms. The molecule has 0 fully saturated rings. The average Bonchev–Trinajstić information content (AvgIpc) is 2.61. The molecule has 0 heterocycles. The molecule has 0 aliphatic heterocycles. The zero-order chi connectivity index (χ0) is 20.2. The molecule has 2 unspecified atom stereocenters. The molecule has 2 N–H and O–H groups in total. The van der Waals surface area contributed by atoms with Gasteiger partial charge in [-0.2, -0.15) is 4.72 Å². The van der Waals surface area contributed by atoms with Gasteiger partial charge in [0.25, 0.3) is 0 Å². The van der Waals surface area contributed by atoms with E-state index < -0.39 is 28.1 Å². The van der Waals surface area contributed by atoms with E-state index in [1.165, 1.54) is 19.1 Å². The van der Waals surface area contributed by atoms with Crippen molar-refractivity contribution >= 4 is 39.2 Å². The van der Waals surface area contributed by atoms with Gasteiger partial charge in [0.2, 0.25) is 10.0 Å². The number of halogens is 2. The molecule has 2 atom stereocenters. The Bertz CT molecular complexity index is 914. The lowest BCUT2D eigenvalue weighted by atomic mass is 10.1. The van der Waals surface area contributed by atoms with Crippen molar-refractivity contribution in [2.45, 2.75) is 37.5 Å². The van der Waals surface area contributed by atoms with Crippen LogP contribution in [0.25, 0.3) is 0 Å². The van der Waals surface area contributed by atoms with E-state index in [1.54, 1.807) is 12.1 Å². The molecule has 0 aliphatic rings. The summed E-state index contributed by atoms with van der Waals surface area (Å²) >= 11 is 11.6. The molecule has 2 aromatic rings. The summed E-state index contributed by atoms with van der Waals surface area (Å²) in [6.07, 6.45) is -1.31. The summed E-state index contributed by atoms with van der Waals surface area (Å²) in [5.41, 5.74) is 1.80. The molecular weight excluding hydrogens is 413 g/mol. The van der Waals surface area contributed by atoms with Crippen molar-refractivity contribution in [2.75, 3.05) is 0 Å². The van der Waals surface area contributed by atoms with Crippen molar-refractivity contribution in [1.29, 1.82) is 0 Å². The van der Waals surface area contributed by atoms with E-state index in [1.807, 2.05) is 19.1 Å². The Labute approximate surface area is 168 Å². The smallest absolute Gasteiger partial charge is 0.327 e. The number of carbonyl (C=O) groups is 1. The number of benzene rings is 2. The highest BCUT2D eigenvalue weighted by atomic mass is 35.5. The van der Waals surface area contributed by atoms with Gasteiger partial charge >= 0.3 is 5.97 Å². The van der Waals surface area contributed by atoms with Crippen LogP contribution in [0.15, 0.2) is 47.4 Å². The lowest BCUT2D eigenvalue weighted by molar-refractivity contribution is -0.149. The molecule has 0 bridgehead atoms. The van der Waals surface area contributed by atoms with E-state index >= 15 is 0 Å². The molecule has 0 radical (unpaired) electrons. The number of hydrogen-bond donors (Lipinski definition) is 2. The summed E-state index contributed by atoms with van der Waals surface area (Å²) in [5.74, 6) is -0.894. The Kier molecular flexibility index (Phi) is 7.25. The van der Waals surface area contributed by atoms with Crippen LogP contribution in [0.5, 0.6) is 0 Å². The molecule has 0 spiro atoms. The number of rotatable bonds is 7. The van der Waals surface area contributed by atoms with Gasteiger partial charge in [0, 0.05) is 0 Å². The first-order valence-electron chi connectivity index (χ1n) is 7.98. The minimum atomic E-state index is -4.13. The summed E-state index contributed by atoms with van der Waals surface area (Å²) in [6.45, 7) is 3.17. The summed E-state index contributed by atoms with van der Waals surface area (Å²) in [5, 5.41) is 10.1. The van der Waals surface area contributed by atoms with Crippen LogP contribution in [0.2, 0.25) is 10.0 Å². The van der Waals surface area contributed by atoms with Crippen LogP contribution >= 0.6 is 23.2 Å². The van der Waals surface area contributed by atoms with Crippen LogP contribution in [0.4, 0.5) is 0 Å². The average molecular weight is 432 g/mol. The van der Waals surface area contributed by atoms with Crippen LogP contribution in [0.3, 0.4) is 0 Å². The van der Waals surface area contributed by atoms with Gasteiger partial charge in [-0.3, -0.25) is 4.79 Å². The number of nitrogens with one attached hydrogen (secondary N) is 1. The fraction of sp³-hybridized carbons (Fsp3) is 0.278. The highest BCUT2D eigenvalue weighted by molar-refractivity contribution is 7.89. The second-order valence-electron chi connectivity index (χ2n) is 6.01. The third kappa shape index (κ3) is 5.92. The van der Waals surface area contributed by atoms with Gasteiger partial charge < -0.3 is 9.84 Å². The number of carbonyl (C=O) groups excluding carboxylic acids is 1. The van der Waals surface area contributed by atoms with E-state index in [9.17, 15) is 18.3 Å². The number of hydrogen-bond acceptors (Lipinski definition) is 5. The zero-order valence-corrected chi connectivity index (χ0v) is 17.0.